The molecule has 2 aromatic rings. The molecular weight excluding hydrogens is 522 g/mol. The maximum Gasteiger partial charge on any atom is 0.246 e. The molecule has 1 aromatic heterocycles. The minimum atomic E-state index is -1.16. The number of likely N-dealkylation sites (tertiary alicyclic amines) is 1. The molecule has 3 amide bonds. The van der Waals surface area contributed by atoms with Gasteiger partial charge in [0.25, 0.3) is 0 Å². The number of thiophene rings is 1. The van der Waals surface area contributed by atoms with E-state index in [1.54, 1.807) is 16.2 Å². The molecule has 4 aliphatic rings. The second-order valence-electron chi connectivity index (χ2n) is 12.4. The van der Waals surface area contributed by atoms with Crippen molar-refractivity contribution in [2.45, 2.75) is 83.2 Å². The highest BCUT2D eigenvalue weighted by Gasteiger charge is 2.72. The molecule has 1 spiro atoms. The summed E-state index contributed by atoms with van der Waals surface area (Å²) < 4.78 is 6.50. The van der Waals surface area contributed by atoms with Crippen molar-refractivity contribution in [2.24, 2.45) is 23.7 Å². The summed E-state index contributed by atoms with van der Waals surface area (Å²) >= 11 is 1.56. The highest BCUT2D eigenvalue weighted by molar-refractivity contribution is 7.09. The first-order valence-electron chi connectivity index (χ1n) is 14.6. The van der Waals surface area contributed by atoms with Crippen molar-refractivity contribution >= 4 is 34.7 Å². The fourth-order valence-corrected chi connectivity index (χ4v) is 7.94. The second-order valence-corrected chi connectivity index (χ2v) is 13.4. The van der Waals surface area contributed by atoms with E-state index in [2.05, 4.69) is 38.3 Å². The van der Waals surface area contributed by atoms with Crippen molar-refractivity contribution in [3.8, 4) is 0 Å². The normalized spacial score (nSPS) is 34.4. The number of carbonyl (C=O) groups excluding carboxylic acids is 3. The van der Waals surface area contributed by atoms with Gasteiger partial charge >= 0.3 is 0 Å². The number of fused-ring (bicyclic) bond motifs is 1. The van der Waals surface area contributed by atoms with Gasteiger partial charge in [-0.2, -0.15) is 0 Å². The minimum Gasteiger partial charge on any atom is -0.359 e. The number of hydrogen-bond donors (Lipinski definition) is 2. The van der Waals surface area contributed by atoms with Crippen LogP contribution < -0.4 is 10.6 Å². The van der Waals surface area contributed by atoms with Gasteiger partial charge in [0.2, 0.25) is 17.7 Å². The van der Waals surface area contributed by atoms with Gasteiger partial charge in [-0.3, -0.25) is 14.4 Å². The Morgan fingerprint density at radius 2 is 1.90 bits per heavy atom. The summed E-state index contributed by atoms with van der Waals surface area (Å²) in [5.74, 6) is -0.824. The van der Waals surface area contributed by atoms with Crippen LogP contribution >= 0.6 is 11.3 Å². The van der Waals surface area contributed by atoms with Crippen molar-refractivity contribution in [3.05, 3.63) is 64.4 Å². The van der Waals surface area contributed by atoms with Crippen LogP contribution in [0.3, 0.4) is 0 Å². The summed E-state index contributed by atoms with van der Waals surface area (Å²) in [5, 5.41) is 8.31. The van der Waals surface area contributed by atoms with Gasteiger partial charge in [0.05, 0.1) is 24.5 Å². The highest BCUT2D eigenvalue weighted by Crippen LogP contribution is 2.55. The number of nitrogens with zero attached hydrogens (tertiary/aromatic N) is 1. The van der Waals surface area contributed by atoms with E-state index in [0.717, 1.165) is 24.1 Å². The van der Waals surface area contributed by atoms with E-state index in [9.17, 15) is 14.4 Å². The Hall–Kier alpha value is -2.97. The fraction of sp³-hybridized carbons (Fsp3) is 0.531. The largest absolute Gasteiger partial charge is 0.359 e. The standard InChI is InChI=1S/C32H39N3O4S/c1-18(2)21-10-12-22(13-11-21)33-29(36)26-25-14-15-32(39-25)27(26)31(38)35(17-23-8-6-16-40-23)28(32)30(37)34-24-9-5-7-19(3)20(24)4/h6,8,10-16,18-20,24-28H,5,7,9,17H2,1-4H3,(H,33,36)(H,34,37)/t19-,20-,24+,25+,26-,27+,28+,32+/m0/s1. The molecule has 8 atom stereocenters. The highest BCUT2D eigenvalue weighted by atomic mass is 32.1. The molecule has 0 unspecified atom stereocenters. The molecular formula is C32H39N3O4S. The Labute approximate surface area is 240 Å². The zero-order chi connectivity index (χ0) is 28.2. The maximum absolute atomic E-state index is 14.2. The second kappa shape index (κ2) is 10.5. The molecule has 1 aromatic carbocycles. The number of amides is 3. The van der Waals surface area contributed by atoms with Crippen LogP contribution in [-0.4, -0.2) is 46.4 Å². The summed E-state index contributed by atoms with van der Waals surface area (Å²) in [5.41, 5.74) is 0.718. The van der Waals surface area contributed by atoms with Gasteiger partial charge in [0.15, 0.2) is 0 Å². The van der Waals surface area contributed by atoms with E-state index in [0.29, 0.717) is 30.0 Å². The van der Waals surface area contributed by atoms with Crippen LogP contribution in [0.25, 0.3) is 0 Å². The average Bonchev–Trinajstić information content (AvgIpc) is 3.70. The number of ether oxygens (including phenoxy) is 1. The molecule has 3 fully saturated rings. The van der Waals surface area contributed by atoms with Gasteiger partial charge in [0.1, 0.15) is 11.6 Å². The lowest BCUT2D eigenvalue weighted by atomic mass is 9.73. The number of rotatable bonds is 7. The quantitative estimate of drug-likeness (QED) is 0.461. The molecule has 3 aliphatic heterocycles. The van der Waals surface area contributed by atoms with Gasteiger partial charge in [-0.05, 0) is 53.3 Å². The number of hydrogen-bond acceptors (Lipinski definition) is 5. The van der Waals surface area contributed by atoms with Gasteiger partial charge in [-0.15, -0.1) is 11.3 Å². The molecule has 7 nitrogen and oxygen atoms in total. The summed E-state index contributed by atoms with van der Waals surface area (Å²) in [7, 11) is 0. The van der Waals surface area contributed by atoms with Crippen LogP contribution in [0, 0.1) is 23.7 Å². The first kappa shape index (κ1) is 27.2. The first-order chi connectivity index (χ1) is 19.2. The Balaban J connectivity index is 1.29. The topological polar surface area (TPSA) is 87.7 Å². The Morgan fingerprint density at radius 3 is 2.60 bits per heavy atom. The van der Waals surface area contributed by atoms with E-state index in [4.69, 9.17) is 4.74 Å². The van der Waals surface area contributed by atoms with Crippen LogP contribution in [0.2, 0.25) is 0 Å². The van der Waals surface area contributed by atoms with Crippen molar-refractivity contribution < 1.29 is 19.1 Å². The molecule has 2 N–H and O–H groups in total. The lowest BCUT2D eigenvalue weighted by Gasteiger charge is -2.38. The van der Waals surface area contributed by atoms with Crippen molar-refractivity contribution in [2.75, 3.05) is 5.32 Å². The third-order valence-electron chi connectivity index (χ3n) is 9.71. The van der Waals surface area contributed by atoms with Crippen LogP contribution in [0.5, 0.6) is 0 Å². The summed E-state index contributed by atoms with van der Waals surface area (Å²) in [6.07, 6.45) is 6.38. The molecule has 6 rings (SSSR count). The van der Waals surface area contributed by atoms with Gasteiger partial charge in [0, 0.05) is 16.6 Å². The predicted octanol–water partition coefficient (Wildman–Crippen LogP) is 5.10. The first-order valence-corrected chi connectivity index (χ1v) is 15.5. The van der Waals surface area contributed by atoms with E-state index >= 15 is 0 Å². The number of benzene rings is 1. The summed E-state index contributed by atoms with van der Waals surface area (Å²) in [6, 6.07) is 11.0. The maximum atomic E-state index is 14.2. The van der Waals surface area contributed by atoms with Crippen LogP contribution in [-0.2, 0) is 25.7 Å². The molecule has 2 bridgehead atoms. The van der Waals surface area contributed by atoms with Gasteiger partial charge in [-0.1, -0.05) is 70.9 Å². The number of nitrogens with one attached hydrogen (secondary N) is 2. The molecule has 2 saturated heterocycles. The fourth-order valence-electron chi connectivity index (χ4n) is 7.23. The molecule has 40 heavy (non-hydrogen) atoms. The minimum absolute atomic E-state index is 0.0564. The molecule has 1 saturated carbocycles. The molecule has 0 radical (unpaired) electrons. The smallest absolute Gasteiger partial charge is 0.246 e. The van der Waals surface area contributed by atoms with Crippen molar-refractivity contribution in [1.29, 1.82) is 0 Å². The lowest BCUT2D eigenvalue weighted by Crippen LogP contribution is -2.57. The molecule has 212 valence electrons. The zero-order valence-electron chi connectivity index (χ0n) is 23.6. The zero-order valence-corrected chi connectivity index (χ0v) is 24.4. The van der Waals surface area contributed by atoms with Crippen molar-refractivity contribution in [1.82, 2.24) is 10.2 Å². The Bertz CT molecular complexity index is 1310. The van der Waals surface area contributed by atoms with Crippen LogP contribution in [0.1, 0.15) is 63.3 Å². The van der Waals surface area contributed by atoms with Crippen LogP contribution in [0.15, 0.2) is 53.9 Å². The SMILES string of the molecule is CC(C)c1ccc(NC(=O)[C@H]2[C@H]3C=C[C@@]4(O3)[C@H]2C(=O)N(Cc2cccs2)[C@@H]4C(=O)N[C@@H]2CCC[C@H](C)[C@@H]2C)cc1. The van der Waals surface area contributed by atoms with Gasteiger partial charge in [-0.25, -0.2) is 0 Å². The molecule has 4 heterocycles. The summed E-state index contributed by atoms with van der Waals surface area (Å²) in [6.45, 7) is 9.01. The predicted molar refractivity (Wildman–Crippen MR) is 156 cm³/mol. The number of anilines is 1. The summed E-state index contributed by atoms with van der Waals surface area (Å²) in [4.78, 5) is 44.6. The van der Waals surface area contributed by atoms with Crippen LogP contribution in [0.4, 0.5) is 5.69 Å². The third kappa shape index (κ3) is 4.49. The van der Waals surface area contributed by atoms with E-state index in [1.807, 2.05) is 53.9 Å². The number of carbonyl (C=O) groups is 3. The molecule has 8 heteroatoms. The molecule has 1 aliphatic carbocycles. The third-order valence-corrected chi connectivity index (χ3v) is 10.6. The Morgan fingerprint density at radius 1 is 1.12 bits per heavy atom. The van der Waals surface area contributed by atoms with Crippen molar-refractivity contribution in [3.63, 3.8) is 0 Å². The monoisotopic (exact) mass is 561 g/mol. The van der Waals surface area contributed by atoms with E-state index < -0.39 is 29.6 Å². The lowest BCUT2D eigenvalue weighted by molar-refractivity contribution is -0.142. The van der Waals surface area contributed by atoms with Gasteiger partial charge < -0.3 is 20.3 Å². The van der Waals surface area contributed by atoms with E-state index in [1.165, 1.54) is 5.56 Å². The average molecular weight is 562 g/mol. The Kier molecular flexibility index (Phi) is 7.11. The van der Waals surface area contributed by atoms with E-state index in [-0.39, 0.29) is 23.8 Å².